The maximum atomic E-state index is 5.72. The molecule has 0 aromatic heterocycles. The normalized spacial score (nSPS) is 20.2. The molecule has 5 heteroatoms. The Kier molecular flexibility index (Phi) is 46.5. The van der Waals surface area contributed by atoms with E-state index in [2.05, 4.69) is 27.7 Å². The van der Waals surface area contributed by atoms with Gasteiger partial charge in [0.1, 0.15) is 5.92 Å². The van der Waals surface area contributed by atoms with Gasteiger partial charge in [0.15, 0.2) is 0 Å². The minimum atomic E-state index is 0. The summed E-state index contributed by atoms with van der Waals surface area (Å²) in [6, 6.07) is 0.392. The van der Waals surface area contributed by atoms with Crippen molar-refractivity contribution in [1.82, 2.24) is 0 Å². The first-order valence-corrected chi connectivity index (χ1v) is 6.21. The van der Waals surface area contributed by atoms with Crippen LogP contribution in [0.2, 0.25) is 0 Å². The molecule has 4 N–H and O–H groups in total. The Balaban J connectivity index is -0.0000000497. The summed E-state index contributed by atoms with van der Waals surface area (Å²) in [4.78, 5) is 0. The maximum absolute atomic E-state index is 5.72. The Labute approximate surface area is 145 Å². The Hall–Kier alpha value is 1.10. The quantitative estimate of drug-likeness (QED) is 0.449. The van der Waals surface area contributed by atoms with Crippen molar-refractivity contribution in [1.29, 1.82) is 0 Å². The molecule has 117 valence electrons. The van der Waals surface area contributed by atoms with E-state index in [1.165, 1.54) is 32.1 Å². The maximum Gasteiger partial charge on any atom is 0.110 e. The minimum absolute atomic E-state index is 0. The van der Waals surface area contributed by atoms with Gasteiger partial charge >= 0.3 is 0 Å². The van der Waals surface area contributed by atoms with Gasteiger partial charge in [0, 0.05) is 35.0 Å². The van der Waals surface area contributed by atoms with Crippen LogP contribution in [0, 0.1) is 19.8 Å². The minimum Gasteiger partial charge on any atom is -0.327 e. The van der Waals surface area contributed by atoms with E-state index >= 15 is 0 Å². The van der Waals surface area contributed by atoms with E-state index in [-0.39, 0.29) is 49.4 Å². The SMILES string of the molecule is CCC.S.S.[Au].[CH2+]CCN.[CH2+][C@H]1CCCC[C@@H]1N. The fraction of sp³-hybridized carbons (Fsp3) is 0.846. The second-order valence-electron chi connectivity index (χ2n) is 4.06. The molecular weight excluding hydrogens is 445 g/mol. The van der Waals surface area contributed by atoms with Gasteiger partial charge in [0.2, 0.25) is 0 Å². The van der Waals surface area contributed by atoms with E-state index in [1.54, 1.807) is 0 Å². The van der Waals surface area contributed by atoms with Crippen molar-refractivity contribution in [2.24, 2.45) is 17.4 Å². The molecule has 2 atom stereocenters. The van der Waals surface area contributed by atoms with Crippen LogP contribution < -0.4 is 11.5 Å². The van der Waals surface area contributed by atoms with Crippen LogP contribution in [0.4, 0.5) is 0 Å². The van der Waals surface area contributed by atoms with Gasteiger partial charge < -0.3 is 11.5 Å². The Bertz CT molecular complexity index is 107. The molecule has 1 aliphatic carbocycles. The second-order valence-corrected chi connectivity index (χ2v) is 4.06. The Morgan fingerprint density at radius 1 is 1.11 bits per heavy atom. The number of nitrogens with two attached hydrogens (primary N) is 2. The van der Waals surface area contributed by atoms with E-state index < -0.39 is 0 Å². The average molecular weight is 480 g/mol. The molecule has 18 heavy (non-hydrogen) atoms. The van der Waals surface area contributed by atoms with E-state index in [0.717, 1.165) is 6.42 Å². The molecule has 0 bridgehead atoms. The standard InChI is InChI=1S/C7H14N.C3H8N.C3H8.Au.2H2S/c1-6-4-2-3-5-7(6)8;1-2-3-4;1-3-2;;;/h6-7H,1-5,8H2;1-4H2;3H2,1-2H3;;2*1H2/q2*+1;;;;/t6-,7-;;;;;/m0...../s1. The molecule has 1 aliphatic rings. The van der Waals surface area contributed by atoms with Crippen LogP contribution >= 0.6 is 27.0 Å². The fourth-order valence-electron chi connectivity index (χ4n) is 1.24. The molecule has 0 saturated heterocycles. The molecule has 2 nitrogen and oxygen atoms in total. The zero-order valence-electron chi connectivity index (χ0n) is 12.0. The Morgan fingerprint density at radius 3 is 1.61 bits per heavy atom. The molecule has 1 saturated carbocycles. The third kappa shape index (κ3) is 25.8. The van der Waals surface area contributed by atoms with Crippen LogP contribution in [0.3, 0.4) is 0 Å². The van der Waals surface area contributed by atoms with Crippen molar-refractivity contribution in [2.45, 2.75) is 58.4 Å². The van der Waals surface area contributed by atoms with Crippen molar-refractivity contribution in [3.63, 3.8) is 0 Å². The van der Waals surface area contributed by atoms with Crippen molar-refractivity contribution < 1.29 is 22.4 Å². The van der Waals surface area contributed by atoms with Gasteiger partial charge in [-0.05, 0) is 19.3 Å². The van der Waals surface area contributed by atoms with Gasteiger partial charge in [0.25, 0.3) is 0 Å². The first kappa shape index (κ1) is 31.5. The van der Waals surface area contributed by atoms with Crippen LogP contribution in [0.15, 0.2) is 0 Å². The first-order valence-electron chi connectivity index (χ1n) is 6.21. The molecule has 1 radical (unpaired) electrons. The molecule has 0 aromatic rings. The number of hydrogen-bond acceptors (Lipinski definition) is 2. The van der Waals surface area contributed by atoms with Crippen molar-refractivity contribution in [2.75, 3.05) is 6.54 Å². The van der Waals surface area contributed by atoms with Gasteiger partial charge in [-0.1, -0.05) is 26.7 Å². The number of rotatable bonds is 1. The summed E-state index contributed by atoms with van der Waals surface area (Å²) in [7, 11) is 0. The smallest absolute Gasteiger partial charge is 0.110 e. The van der Waals surface area contributed by atoms with E-state index in [4.69, 9.17) is 11.5 Å². The number of hydrogen-bond donors (Lipinski definition) is 2. The van der Waals surface area contributed by atoms with Crippen LogP contribution in [0.25, 0.3) is 0 Å². The van der Waals surface area contributed by atoms with Crippen LogP contribution in [-0.2, 0) is 22.4 Å². The molecule has 0 spiro atoms. The molecular formula is C13H34AuN2S2+2. The average Bonchev–Trinajstić information content (AvgIpc) is 2.24. The molecule has 0 aromatic carbocycles. The second kappa shape index (κ2) is 26.6. The van der Waals surface area contributed by atoms with E-state index in [1.807, 2.05) is 0 Å². The Morgan fingerprint density at radius 2 is 1.44 bits per heavy atom. The third-order valence-corrected chi connectivity index (χ3v) is 2.17. The van der Waals surface area contributed by atoms with Gasteiger partial charge in [-0.15, -0.1) is 0 Å². The predicted octanol–water partition coefficient (Wildman–Crippen LogP) is 3.15. The van der Waals surface area contributed by atoms with Crippen LogP contribution in [-0.4, -0.2) is 12.6 Å². The van der Waals surface area contributed by atoms with Gasteiger partial charge in [-0.3, -0.25) is 0 Å². The monoisotopic (exact) mass is 479 g/mol. The first-order chi connectivity index (χ1) is 7.13. The summed E-state index contributed by atoms with van der Waals surface area (Å²) in [6.07, 6.45) is 7.17. The summed E-state index contributed by atoms with van der Waals surface area (Å²) in [6.45, 7) is 12.4. The summed E-state index contributed by atoms with van der Waals surface area (Å²) < 4.78 is 0. The van der Waals surface area contributed by atoms with Crippen molar-refractivity contribution in [3.05, 3.63) is 13.8 Å². The fourth-order valence-corrected chi connectivity index (χ4v) is 1.24. The largest absolute Gasteiger partial charge is 0.327 e. The summed E-state index contributed by atoms with van der Waals surface area (Å²) in [5.41, 5.74) is 10.7. The van der Waals surface area contributed by atoms with E-state index in [0.29, 0.717) is 18.5 Å². The summed E-state index contributed by atoms with van der Waals surface area (Å²) >= 11 is 0. The predicted molar refractivity (Wildman–Crippen MR) is 91.0 cm³/mol. The molecule has 0 aliphatic heterocycles. The molecule has 0 heterocycles. The molecule has 1 fully saturated rings. The van der Waals surface area contributed by atoms with Crippen LogP contribution in [0.1, 0.15) is 52.4 Å². The summed E-state index contributed by atoms with van der Waals surface area (Å²) in [5, 5.41) is 0. The molecule has 0 amide bonds. The van der Waals surface area contributed by atoms with Gasteiger partial charge in [-0.2, -0.15) is 27.0 Å². The third-order valence-electron chi connectivity index (χ3n) is 2.17. The van der Waals surface area contributed by atoms with Gasteiger partial charge in [0.05, 0.1) is 20.3 Å². The zero-order valence-corrected chi connectivity index (χ0v) is 16.1. The molecule has 1 rings (SSSR count). The van der Waals surface area contributed by atoms with E-state index in [9.17, 15) is 0 Å². The summed E-state index contributed by atoms with van der Waals surface area (Å²) in [5.74, 6) is 0.531. The van der Waals surface area contributed by atoms with Crippen LogP contribution in [0.5, 0.6) is 0 Å². The van der Waals surface area contributed by atoms with Gasteiger partial charge in [-0.25, -0.2) is 0 Å². The topological polar surface area (TPSA) is 52.0 Å². The van der Waals surface area contributed by atoms with Crippen molar-refractivity contribution in [3.8, 4) is 0 Å². The molecule has 0 unspecified atom stereocenters. The zero-order chi connectivity index (χ0) is 12.1. The van der Waals surface area contributed by atoms with Crippen molar-refractivity contribution >= 4 is 27.0 Å².